The standard InChI is InChI=1S/C18H24N4O2/c1-13(14-5-3-2-4-6-14)22-12-11-17(21-22)20-18(24)19-15-7-9-16(23)10-8-15/h2-6,11-13,15-16,23H,7-10H2,1H3,(H2,19,20,21,24). The van der Waals surface area contributed by atoms with Crippen LogP contribution >= 0.6 is 0 Å². The normalized spacial score (nSPS) is 21.9. The maximum Gasteiger partial charge on any atom is 0.320 e. The maximum atomic E-state index is 12.1. The molecule has 0 bridgehead atoms. The predicted molar refractivity (Wildman–Crippen MR) is 92.9 cm³/mol. The number of aliphatic hydroxyl groups excluding tert-OH is 1. The number of hydrogen-bond acceptors (Lipinski definition) is 3. The summed E-state index contributed by atoms with van der Waals surface area (Å²) in [4.78, 5) is 12.1. The van der Waals surface area contributed by atoms with Crippen LogP contribution in [0, 0.1) is 0 Å². The van der Waals surface area contributed by atoms with E-state index in [0.717, 1.165) is 31.2 Å². The third-order valence-corrected chi connectivity index (χ3v) is 4.56. The second-order valence-corrected chi connectivity index (χ2v) is 6.37. The van der Waals surface area contributed by atoms with Gasteiger partial charge in [0.2, 0.25) is 0 Å². The Bertz CT molecular complexity index is 663. The first-order valence-corrected chi connectivity index (χ1v) is 8.47. The van der Waals surface area contributed by atoms with Gasteiger partial charge < -0.3 is 10.4 Å². The lowest BCUT2D eigenvalue weighted by atomic mass is 9.93. The van der Waals surface area contributed by atoms with E-state index in [1.165, 1.54) is 0 Å². The summed E-state index contributed by atoms with van der Waals surface area (Å²) in [5, 5.41) is 19.7. The molecule has 0 saturated heterocycles. The van der Waals surface area contributed by atoms with Crippen LogP contribution in [-0.4, -0.2) is 33.1 Å². The summed E-state index contributed by atoms with van der Waals surface area (Å²) in [6.07, 6.45) is 4.76. The van der Waals surface area contributed by atoms with Gasteiger partial charge in [0.05, 0.1) is 12.1 Å². The quantitative estimate of drug-likeness (QED) is 0.807. The van der Waals surface area contributed by atoms with Gasteiger partial charge in [-0.15, -0.1) is 0 Å². The number of aromatic nitrogens is 2. The van der Waals surface area contributed by atoms with E-state index in [1.54, 1.807) is 6.07 Å². The number of urea groups is 1. The van der Waals surface area contributed by atoms with E-state index in [-0.39, 0.29) is 24.2 Å². The van der Waals surface area contributed by atoms with Crippen molar-refractivity contribution < 1.29 is 9.90 Å². The van der Waals surface area contributed by atoms with Crippen LogP contribution in [0.25, 0.3) is 0 Å². The molecule has 1 atom stereocenters. The second kappa shape index (κ2) is 7.49. The number of hydrogen-bond donors (Lipinski definition) is 3. The zero-order chi connectivity index (χ0) is 16.9. The highest BCUT2D eigenvalue weighted by molar-refractivity contribution is 5.88. The zero-order valence-electron chi connectivity index (χ0n) is 13.9. The number of benzene rings is 1. The Morgan fingerprint density at radius 1 is 1.21 bits per heavy atom. The van der Waals surface area contributed by atoms with E-state index < -0.39 is 0 Å². The van der Waals surface area contributed by atoms with Crippen molar-refractivity contribution in [3.8, 4) is 0 Å². The summed E-state index contributed by atoms with van der Waals surface area (Å²) in [5.74, 6) is 0.533. The van der Waals surface area contributed by atoms with Gasteiger partial charge in [0.1, 0.15) is 0 Å². The van der Waals surface area contributed by atoms with E-state index in [2.05, 4.69) is 34.8 Å². The van der Waals surface area contributed by atoms with E-state index in [9.17, 15) is 9.90 Å². The van der Waals surface area contributed by atoms with Gasteiger partial charge in [-0.25, -0.2) is 4.79 Å². The lowest BCUT2D eigenvalue weighted by Crippen LogP contribution is -2.41. The molecule has 0 aliphatic heterocycles. The van der Waals surface area contributed by atoms with Crippen molar-refractivity contribution in [1.82, 2.24) is 15.1 Å². The highest BCUT2D eigenvalue weighted by atomic mass is 16.3. The number of amides is 2. The predicted octanol–water partition coefficient (Wildman–Crippen LogP) is 2.92. The van der Waals surface area contributed by atoms with Gasteiger partial charge in [0.15, 0.2) is 5.82 Å². The molecule has 24 heavy (non-hydrogen) atoms. The largest absolute Gasteiger partial charge is 0.393 e. The van der Waals surface area contributed by atoms with Crippen molar-refractivity contribution in [2.75, 3.05) is 5.32 Å². The van der Waals surface area contributed by atoms with Crippen LogP contribution in [0.2, 0.25) is 0 Å². The number of nitrogens with zero attached hydrogens (tertiary/aromatic N) is 2. The lowest BCUT2D eigenvalue weighted by molar-refractivity contribution is 0.118. The van der Waals surface area contributed by atoms with Crippen molar-refractivity contribution in [2.45, 2.75) is 50.8 Å². The number of aliphatic hydroxyl groups is 1. The fraction of sp³-hybridized carbons (Fsp3) is 0.444. The molecule has 1 aromatic carbocycles. The van der Waals surface area contributed by atoms with Gasteiger partial charge in [-0.05, 0) is 38.2 Å². The van der Waals surface area contributed by atoms with E-state index in [1.807, 2.05) is 29.1 Å². The minimum atomic E-state index is -0.242. The molecule has 1 aliphatic carbocycles. The van der Waals surface area contributed by atoms with Crippen molar-refractivity contribution in [3.63, 3.8) is 0 Å². The molecular formula is C18H24N4O2. The van der Waals surface area contributed by atoms with Crippen LogP contribution in [0.3, 0.4) is 0 Å². The molecule has 6 nitrogen and oxygen atoms in total. The molecule has 128 valence electrons. The van der Waals surface area contributed by atoms with E-state index >= 15 is 0 Å². The first-order valence-electron chi connectivity index (χ1n) is 8.47. The Morgan fingerprint density at radius 3 is 2.62 bits per heavy atom. The Balaban J connectivity index is 1.55. The summed E-state index contributed by atoms with van der Waals surface area (Å²) in [5.41, 5.74) is 1.16. The van der Waals surface area contributed by atoms with Crippen molar-refractivity contribution in [1.29, 1.82) is 0 Å². The fourth-order valence-electron chi connectivity index (χ4n) is 3.06. The molecule has 3 N–H and O–H groups in total. The molecule has 1 heterocycles. The Morgan fingerprint density at radius 2 is 1.92 bits per heavy atom. The average Bonchev–Trinajstić information content (AvgIpc) is 3.05. The first-order chi connectivity index (χ1) is 11.6. The van der Waals surface area contributed by atoms with E-state index in [4.69, 9.17) is 0 Å². The van der Waals surface area contributed by atoms with Crippen molar-refractivity contribution in [3.05, 3.63) is 48.2 Å². The van der Waals surface area contributed by atoms with Gasteiger partial charge in [0.25, 0.3) is 0 Å². The van der Waals surface area contributed by atoms with E-state index in [0.29, 0.717) is 5.82 Å². The second-order valence-electron chi connectivity index (χ2n) is 6.37. The molecular weight excluding hydrogens is 304 g/mol. The van der Waals surface area contributed by atoms with Crippen molar-refractivity contribution >= 4 is 11.8 Å². The molecule has 1 aromatic heterocycles. The third-order valence-electron chi connectivity index (χ3n) is 4.56. The molecule has 0 radical (unpaired) electrons. The molecule has 1 unspecified atom stereocenters. The highest BCUT2D eigenvalue weighted by Crippen LogP contribution is 2.19. The van der Waals surface area contributed by atoms with Crippen LogP contribution < -0.4 is 10.6 Å². The number of carbonyl (C=O) groups is 1. The maximum absolute atomic E-state index is 12.1. The van der Waals surface area contributed by atoms with Gasteiger partial charge in [0, 0.05) is 18.3 Å². The molecule has 1 aliphatic rings. The Labute approximate surface area is 141 Å². The summed E-state index contributed by atoms with van der Waals surface area (Å²) in [6, 6.07) is 11.9. The number of carbonyl (C=O) groups excluding carboxylic acids is 1. The molecule has 2 amide bonds. The average molecular weight is 328 g/mol. The molecule has 0 spiro atoms. The molecule has 6 heteroatoms. The number of anilines is 1. The number of rotatable bonds is 4. The van der Waals surface area contributed by atoms with Crippen LogP contribution in [0.15, 0.2) is 42.6 Å². The molecule has 1 fully saturated rings. The van der Waals surface area contributed by atoms with Crippen LogP contribution in [0.4, 0.5) is 10.6 Å². The first kappa shape index (κ1) is 16.5. The molecule has 1 saturated carbocycles. The van der Waals surface area contributed by atoms with Crippen LogP contribution in [0.1, 0.15) is 44.2 Å². The molecule has 3 rings (SSSR count). The number of nitrogens with one attached hydrogen (secondary N) is 2. The Hall–Kier alpha value is -2.34. The highest BCUT2D eigenvalue weighted by Gasteiger charge is 2.21. The van der Waals surface area contributed by atoms with Crippen LogP contribution in [-0.2, 0) is 0 Å². The van der Waals surface area contributed by atoms with Gasteiger partial charge in [-0.3, -0.25) is 10.00 Å². The fourth-order valence-corrected chi connectivity index (χ4v) is 3.06. The Kier molecular flexibility index (Phi) is 5.15. The van der Waals surface area contributed by atoms with Gasteiger partial charge >= 0.3 is 6.03 Å². The smallest absolute Gasteiger partial charge is 0.320 e. The zero-order valence-corrected chi connectivity index (χ0v) is 13.9. The van der Waals surface area contributed by atoms with Gasteiger partial charge in [-0.2, -0.15) is 5.10 Å². The van der Waals surface area contributed by atoms with Gasteiger partial charge in [-0.1, -0.05) is 30.3 Å². The summed E-state index contributed by atoms with van der Waals surface area (Å²) in [6.45, 7) is 2.07. The monoisotopic (exact) mass is 328 g/mol. The summed E-state index contributed by atoms with van der Waals surface area (Å²) in [7, 11) is 0. The molecule has 2 aromatic rings. The summed E-state index contributed by atoms with van der Waals surface area (Å²) < 4.78 is 1.84. The third kappa shape index (κ3) is 4.14. The SMILES string of the molecule is CC(c1ccccc1)n1ccc(NC(=O)NC2CCC(O)CC2)n1. The summed E-state index contributed by atoms with van der Waals surface area (Å²) >= 11 is 0. The lowest BCUT2D eigenvalue weighted by Gasteiger charge is -2.26. The topological polar surface area (TPSA) is 79.2 Å². The minimum Gasteiger partial charge on any atom is -0.393 e. The minimum absolute atomic E-state index is 0.102. The van der Waals surface area contributed by atoms with Crippen molar-refractivity contribution in [2.24, 2.45) is 0 Å². The van der Waals surface area contributed by atoms with Crippen LogP contribution in [0.5, 0.6) is 0 Å².